The van der Waals surface area contributed by atoms with E-state index in [2.05, 4.69) is 22.4 Å². The molecule has 0 bridgehead atoms. The molecule has 1 saturated heterocycles. The molecule has 1 aromatic heterocycles. The number of benzene rings is 1. The first-order valence-electron chi connectivity index (χ1n) is 7.02. The second-order valence-electron chi connectivity index (χ2n) is 5.40. The van der Waals surface area contributed by atoms with Crippen LogP contribution in [0.1, 0.15) is 43.1 Å². The summed E-state index contributed by atoms with van der Waals surface area (Å²) in [5.41, 5.74) is 0.975. The molecule has 4 nitrogen and oxygen atoms in total. The molecule has 2 aromatic rings. The number of rotatable bonds is 3. The van der Waals surface area contributed by atoms with Crippen LogP contribution in [-0.2, 0) is 6.42 Å². The van der Waals surface area contributed by atoms with Gasteiger partial charge in [-0.2, -0.15) is 4.98 Å². The predicted molar refractivity (Wildman–Crippen MR) is 72.6 cm³/mol. The maximum Gasteiger partial charge on any atom is 0.244 e. The third kappa shape index (κ3) is 2.88. The van der Waals surface area contributed by atoms with Gasteiger partial charge in [0.15, 0.2) is 5.82 Å². The van der Waals surface area contributed by atoms with E-state index in [4.69, 9.17) is 4.52 Å². The third-order valence-corrected chi connectivity index (χ3v) is 3.79. The van der Waals surface area contributed by atoms with E-state index in [-0.39, 0.29) is 11.9 Å². The largest absolute Gasteiger partial charge is 0.338 e. The van der Waals surface area contributed by atoms with E-state index in [0.29, 0.717) is 24.1 Å². The molecule has 0 aliphatic carbocycles. The minimum absolute atomic E-state index is 0.151. The Morgan fingerprint density at radius 2 is 2.15 bits per heavy atom. The van der Waals surface area contributed by atoms with Gasteiger partial charge in [0.25, 0.3) is 0 Å². The summed E-state index contributed by atoms with van der Waals surface area (Å²) >= 11 is 0. The van der Waals surface area contributed by atoms with Crippen LogP contribution in [-0.4, -0.2) is 16.7 Å². The maximum atomic E-state index is 12.9. The average molecular weight is 275 g/mol. The van der Waals surface area contributed by atoms with Crippen LogP contribution in [0.5, 0.6) is 0 Å². The van der Waals surface area contributed by atoms with Crippen molar-refractivity contribution in [3.63, 3.8) is 0 Å². The first-order valence-corrected chi connectivity index (χ1v) is 7.02. The molecule has 0 amide bonds. The second kappa shape index (κ2) is 5.71. The number of hydrogen-bond acceptors (Lipinski definition) is 4. The summed E-state index contributed by atoms with van der Waals surface area (Å²) in [4.78, 5) is 4.47. The third-order valence-electron chi connectivity index (χ3n) is 3.79. The molecule has 0 saturated carbocycles. The molecular weight excluding hydrogens is 257 g/mol. The lowest BCUT2D eigenvalue weighted by molar-refractivity contribution is 0.239. The molecule has 2 unspecified atom stereocenters. The van der Waals surface area contributed by atoms with Gasteiger partial charge in [-0.15, -0.1) is 0 Å². The highest BCUT2D eigenvalue weighted by atomic mass is 19.1. The number of hydrogen-bond donors (Lipinski definition) is 1. The summed E-state index contributed by atoms with van der Waals surface area (Å²) in [7, 11) is 0. The van der Waals surface area contributed by atoms with Gasteiger partial charge >= 0.3 is 0 Å². The minimum Gasteiger partial charge on any atom is -0.338 e. The van der Waals surface area contributed by atoms with Crippen molar-refractivity contribution in [1.82, 2.24) is 15.5 Å². The highest BCUT2D eigenvalue weighted by Crippen LogP contribution is 2.27. The number of nitrogens with one attached hydrogen (secondary N) is 1. The maximum absolute atomic E-state index is 12.9. The van der Waals surface area contributed by atoms with Gasteiger partial charge in [-0.25, -0.2) is 4.39 Å². The van der Waals surface area contributed by atoms with Crippen molar-refractivity contribution < 1.29 is 8.91 Å². The molecule has 1 N–H and O–H groups in total. The van der Waals surface area contributed by atoms with Crippen LogP contribution in [0.25, 0.3) is 0 Å². The van der Waals surface area contributed by atoms with Crippen LogP contribution in [0.4, 0.5) is 4.39 Å². The lowest BCUT2D eigenvalue weighted by atomic mass is 9.93. The molecule has 1 aliphatic rings. The van der Waals surface area contributed by atoms with Crippen molar-refractivity contribution in [2.75, 3.05) is 6.54 Å². The lowest BCUT2D eigenvalue weighted by Gasteiger charge is -2.26. The molecule has 2 heterocycles. The zero-order chi connectivity index (χ0) is 13.9. The van der Waals surface area contributed by atoms with E-state index in [1.807, 2.05) is 0 Å². The Kier molecular flexibility index (Phi) is 3.78. The minimum atomic E-state index is -0.234. The number of piperidine rings is 1. The van der Waals surface area contributed by atoms with Gasteiger partial charge in [0.1, 0.15) is 5.82 Å². The van der Waals surface area contributed by atoms with E-state index in [0.717, 1.165) is 12.1 Å². The summed E-state index contributed by atoms with van der Waals surface area (Å²) in [5, 5.41) is 7.45. The van der Waals surface area contributed by atoms with Gasteiger partial charge in [-0.1, -0.05) is 24.2 Å². The molecule has 1 aromatic carbocycles. The fraction of sp³-hybridized carbons (Fsp3) is 0.467. The zero-order valence-electron chi connectivity index (χ0n) is 11.5. The van der Waals surface area contributed by atoms with Crippen LogP contribution in [0.3, 0.4) is 0 Å². The monoisotopic (exact) mass is 275 g/mol. The van der Waals surface area contributed by atoms with Crippen LogP contribution in [0.2, 0.25) is 0 Å². The van der Waals surface area contributed by atoms with Crippen molar-refractivity contribution in [2.45, 2.75) is 32.2 Å². The first-order chi connectivity index (χ1) is 9.72. The quantitative estimate of drug-likeness (QED) is 0.935. The van der Waals surface area contributed by atoms with Gasteiger partial charge in [0.2, 0.25) is 5.89 Å². The van der Waals surface area contributed by atoms with Gasteiger partial charge < -0.3 is 9.84 Å². The SMILES string of the molecule is CC1CCCNC1c1nc(Cc2ccc(F)cc2)no1. The topological polar surface area (TPSA) is 51.0 Å². The molecule has 5 heteroatoms. The highest BCUT2D eigenvalue weighted by Gasteiger charge is 2.27. The van der Waals surface area contributed by atoms with Crippen molar-refractivity contribution in [3.05, 3.63) is 47.4 Å². The highest BCUT2D eigenvalue weighted by molar-refractivity contribution is 5.19. The Labute approximate surface area is 117 Å². The van der Waals surface area contributed by atoms with E-state index < -0.39 is 0 Å². The summed E-state index contributed by atoms with van der Waals surface area (Å²) < 4.78 is 18.2. The molecule has 1 aliphatic heterocycles. The molecular formula is C15H18FN3O. The van der Waals surface area contributed by atoms with E-state index in [1.54, 1.807) is 12.1 Å². The number of halogens is 1. The Bertz CT molecular complexity index is 567. The van der Waals surface area contributed by atoms with Crippen LogP contribution < -0.4 is 5.32 Å². The summed E-state index contributed by atoms with van der Waals surface area (Å²) in [6, 6.07) is 6.53. The fourth-order valence-corrected chi connectivity index (χ4v) is 2.63. The molecule has 1 fully saturated rings. The van der Waals surface area contributed by atoms with Crippen molar-refractivity contribution in [1.29, 1.82) is 0 Å². The van der Waals surface area contributed by atoms with Gasteiger partial charge in [0, 0.05) is 6.42 Å². The normalized spacial score (nSPS) is 22.9. The Morgan fingerprint density at radius 3 is 2.90 bits per heavy atom. The fourth-order valence-electron chi connectivity index (χ4n) is 2.63. The smallest absolute Gasteiger partial charge is 0.244 e. The number of nitrogens with zero attached hydrogens (tertiary/aromatic N) is 2. The van der Waals surface area contributed by atoms with Crippen molar-refractivity contribution in [2.24, 2.45) is 5.92 Å². The molecule has 106 valence electrons. The second-order valence-corrected chi connectivity index (χ2v) is 5.40. The van der Waals surface area contributed by atoms with E-state index in [9.17, 15) is 4.39 Å². The zero-order valence-corrected chi connectivity index (χ0v) is 11.5. The predicted octanol–water partition coefficient (Wildman–Crippen LogP) is 2.86. The van der Waals surface area contributed by atoms with Crippen LogP contribution in [0.15, 0.2) is 28.8 Å². The summed E-state index contributed by atoms with van der Waals surface area (Å²) in [6.07, 6.45) is 2.92. The van der Waals surface area contributed by atoms with Crippen LogP contribution in [0, 0.1) is 11.7 Å². The standard InChI is InChI=1S/C15H18FN3O/c1-10-3-2-8-17-14(10)15-18-13(19-20-15)9-11-4-6-12(16)7-5-11/h4-7,10,14,17H,2-3,8-9H2,1H3. The first kappa shape index (κ1) is 13.2. The summed E-state index contributed by atoms with van der Waals surface area (Å²) in [5.74, 6) is 1.58. The molecule has 0 spiro atoms. The molecule has 0 radical (unpaired) electrons. The van der Waals surface area contributed by atoms with Gasteiger partial charge in [0.05, 0.1) is 6.04 Å². The van der Waals surface area contributed by atoms with E-state index >= 15 is 0 Å². The van der Waals surface area contributed by atoms with Gasteiger partial charge in [-0.3, -0.25) is 0 Å². The van der Waals surface area contributed by atoms with Crippen LogP contribution >= 0.6 is 0 Å². The number of aromatic nitrogens is 2. The van der Waals surface area contributed by atoms with Crippen molar-refractivity contribution >= 4 is 0 Å². The molecule has 2 atom stereocenters. The Balaban J connectivity index is 1.71. The Morgan fingerprint density at radius 1 is 1.35 bits per heavy atom. The van der Waals surface area contributed by atoms with E-state index in [1.165, 1.54) is 25.0 Å². The summed E-state index contributed by atoms with van der Waals surface area (Å²) in [6.45, 7) is 3.19. The van der Waals surface area contributed by atoms with Gasteiger partial charge in [-0.05, 0) is 43.0 Å². The van der Waals surface area contributed by atoms with Crippen molar-refractivity contribution in [3.8, 4) is 0 Å². The molecule has 3 rings (SSSR count). The molecule has 20 heavy (non-hydrogen) atoms. The lowest BCUT2D eigenvalue weighted by Crippen LogP contribution is -2.33. The Hall–Kier alpha value is -1.75. The average Bonchev–Trinajstić information content (AvgIpc) is 2.90.